The second-order valence-corrected chi connectivity index (χ2v) is 8.01. The Labute approximate surface area is 211 Å². The van der Waals surface area contributed by atoms with Crippen molar-refractivity contribution >= 4 is 46.7 Å². The molecule has 0 unspecified atom stereocenters. The van der Waals surface area contributed by atoms with Crippen LogP contribution in [-0.2, 0) is 14.3 Å². The number of alkyl carbamates (subject to hydrolysis) is 1. The van der Waals surface area contributed by atoms with Gasteiger partial charge in [-0.15, -0.1) is 0 Å². The maximum absolute atomic E-state index is 12.5. The van der Waals surface area contributed by atoms with Crippen LogP contribution in [0.4, 0.5) is 4.79 Å². The number of nitrogens with zero attached hydrogens (tertiary/aromatic N) is 1. The lowest BCUT2D eigenvalue weighted by molar-refractivity contribution is -0.121. The molecule has 0 aliphatic carbocycles. The fourth-order valence-corrected chi connectivity index (χ4v) is 3.65. The van der Waals surface area contributed by atoms with Gasteiger partial charge >= 0.3 is 6.09 Å². The lowest BCUT2D eigenvalue weighted by atomic mass is 10.0. The summed E-state index contributed by atoms with van der Waals surface area (Å²) in [7, 11) is 0. The molecule has 0 saturated heterocycles. The third kappa shape index (κ3) is 8.89. The third-order valence-electron chi connectivity index (χ3n) is 4.25. The van der Waals surface area contributed by atoms with Crippen molar-refractivity contribution < 1.29 is 28.6 Å². The smallest absolute Gasteiger partial charge is 0.407 e. The maximum atomic E-state index is 12.5. The van der Waals surface area contributed by atoms with E-state index in [0.29, 0.717) is 27.2 Å². The zero-order chi connectivity index (χ0) is 24.9. The molecule has 2 aromatic carbocycles. The number of halogens is 1. The molecule has 3 amide bonds. The number of ether oxygens (including phenoxy) is 3. The summed E-state index contributed by atoms with van der Waals surface area (Å²) in [6.45, 7) is 3.85. The lowest BCUT2D eigenvalue weighted by Crippen LogP contribution is -2.33. The molecule has 0 aliphatic rings. The van der Waals surface area contributed by atoms with Crippen molar-refractivity contribution in [3.63, 3.8) is 0 Å². The van der Waals surface area contributed by atoms with Crippen LogP contribution in [-0.4, -0.2) is 43.9 Å². The van der Waals surface area contributed by atoms with E-state index < -0.39 is 23.9 Å². The van der Waals surface area contributed by atoms with Crippen LogP contribution in [0.15, 0.2) is 47.6 Å². The number of carbonyl (C=O) groups excluding carboxylic acids is 3. The number of hydrogen-bond donors (Lipinski definition) is 3. The minimum atomic E-state index is -0.607. The van der Waals surface area contributed by atoms with E-state index in [1.54, 1.807) is 19.1 Å². The monoisotopic (exact) mass is 582 g/mol. The normalized spacial score (nSPS) is 11.5. The Morgan fingerprint density at radius 2 is 1.85 bits per heavy atom. The van der Waals surface area contributed by atoms with Gasteiger partial charge in [-0.05, 0) is 59.7 Å². The molecule has 0 radical (unpaired) electrons. The van der Waals surface area contributed by atoms with Gasteiger partial charge in [-0.1, -0.05) is 30.3 Å². The van der Waals surface area contributed by atoms with Gasteiger partial charge in [-0.2, -0.15) is 5.10 Å². The van der Waals surface area contributed by atoms with Gasteiger partial charge < -0.3 is 25.3 Å². The Morgan fingerprint density at radius 1 is 1.12 bits per heavy atom. The highest BCUT2D eigenvalue weighted by molar-refractivity contribution is 14.1. The van der Waals surface area contributed by atoms with Crippen LogP contribution >= 0.6 is 22.6 Å². The van der Waals surface area contributed by atoms with Gasteiger partial charge in [0, 0.05) is 0 Å². The first-order valence-corrected chi connectivity index (χ1v) is 11.6. The number of hydrazone groups is 1. The van der Waals surface area contributed by atoms with Crippen molar-refractivity contribution in [2.24, 2.45) is 10.8 Å². The van der Waals surface area contributed by atoms with Crippen molar-refractivity contribution in [3.8, 4) is 11.5 Å². The molecule has 4 N–H and O–H groups in total. The van der Waals surface area contributed by atoms with Gasteiger partial charge in [-0.3, -0.25) is 9.59 Å². The van der Waals surface area contributed by atoms with Gasteiger partial charge in [0.15, 0.2) is 18.1 Å². The summed E-state index contributed by atoms with van der Waals surface area (Å²) < 4.78 is 16.7. The summed E-state index contributed by atoms with van der Waals surface area (Å²) in [4.78, 5) is 35.4. The number of hydrogen-bond acceptors (Lipinski definition) is 7. The summed E-state index contributed by atoms with van der Waals surface area (Å²) in [6, 6.07) is 12.0. The van der Waals surface area contributed by atoms with E-state index >= 15 is 0 Å². The second-order valence-electron chi connectivity index (χ2n) is 6.84. The average Bonchev–Trinajstić information content (AvgIpc) is 2.79. The van der Waals surface area contributed by atoms with Crippen molar-refractivity contribution in [1.82, 2.24) is 10.7 Å². The van der Waals surface area contributed by atoms with Gasteiger partial charge in [0.1, 0.15) is 0 Å². The Kier molecular flexibility index (Phi) is 11.1. The molecule has 34 heavy (non-hydrogen) atoms. The van der Waals surface area contributed by atoms with E-state index in [1.165, 1.54) is 6.21 Å². The molecule has 0 aliphatic heterocycles. The highest BCUT2D eigenvalue weighted by Crippen LogP contribution is 2.33. The molecule has 0 spiro atoms. The van der Waals surface area contributed by atoms with Crippen LogP contribution in [0.25, 0.3) is 0 Å². The van der Waals surface area contributed by atoms with Crippen molar-refractivity contribution in [1.29, 1.82) is 0 Å². The Balaban J connectivity index is 2.08. The molecule has 2 aromatic rings. The van der Waals surface area contributed by atoms with Crippen LogP contribution in [0.1, 0.15) is 37.4 Å². The fraction of sp³-hybridized carbons (Fsp3) is 0.304. The number of nitrogens with two attached hydrogens (primary N) is 1. The second kappa shape index (κ2) is 14.0. The highest BCUT2D eigenvalue weighted by Gasteiger charge is 2.19. The van der Waals surface area contributed by atoms with E-state index in [4.69, 9.17) is 19.9 Å². The Bertz CT molecular complexity index is 1020. The lowest BCUT2D eigenvalue weighted by Gasteiger charge is -2.18. The summed E-state index contributed by atoms with van der Waals surface area (Å²) in [6.07, 6.45) is 0.808. The summed E-state index contributed by atoms with van der Waals surface area (Å²) in [5, 5.41) is 6.70. The molecule has 2 rings (SSSR count). The van der Waals surface area contributed by atoms with Gasteiger partial charge in [-0.25, -0.2) is 10.2 Å². The van der Waals surface area contributed by atoms with Gasteiger partial charge in [0.25, 0.3) is 5.91 Å². The van der Waals surface area contributed by atoms with E-state index in [2.05, 4.69) is 15.8 Å². The van der Waals surface area contributed by atoms with Gasteiger partial charge in [0.2, 0.25) is 5.91 Å². The zero-order valence-electron chi connectivity index (χ0n) is 18.9. The number of benzene rings is 2. The minimum Gasteiger partial charge on any atom is -0.490 e. The number of rotatable bonds is 12. The van der Waals surface area contributed by atoms with Crippen LogP contribution in [0.3, 0.4) is 0 Å². The van der Waals surface area contributed by atoms with E-state index in [9.17, 15) is 14.4 Å². The number of primary amides is 1. The standard InChI is InChI=1S/C23H27IN4O6/c1-3-32-19-11-15(10-17(24)22(19)34-14-20(25)29)13-26-28-21(30)12-18(27-23(31)33-4-2)16-8-6-5-7-9-16/h5-11,13,18H,3-4,12,14H2,1-2H3,(H2,25,29)(H,27,31)(H,28,30)/b26-13-/t18-/m1/s1. The highest BCUT2D eigenvalue weighted by atomic mass is 127. The average molecular weight is 582 g/mol. The largest absolute Gasteiger partial charge is 0.490 e. The topological polar surface area (TPSA) is 141 Å². The third-order valence-corrected chi connectivity index (χ3v) is 5.05. The molecule has 0 heterocycles. The van der Waals surface area contributed by atoms with E-state index in [1.807, 2.05) is 59.8 Å². The fourth-order valence-electron chi connectivity index (χ4n) is 2.87. The van der Waals surface area contributed by atoms with Crippen molar-refractivity contribution in [2.45, 2.75) is 26.3 Å². The first-order valence-electron chi connectivity index (χ1n) is 10.5. The van der Waals surface area contributed by atoms with Crippen LogP contribution < -0.4 is 25.9 Å². The van der Waals surface area contributed by atoms with Crippen molar-refractivity contribution in [3.05, 3.63) is 57.2 Å². The quantitative estimate of drug-likeness (QED) is 0.200. The first kappa shape index (κ1) is 26.9. The number of carbonyl (C=O) groups is 3. The predicted octanol–water partition coefficient (Wildman–Crippen LogP) is 2.88. The SMILES string of the molecule is CCOC(=O)N[C@H](CC(=O)N/N=C\c1cc(I)c(OCC(N)=O)c(OCC)c1)c1ccccc1. The first-order chi connectivity index (χ1) is 16.3. The maximum Gasteiger partial charge on any atom is 0.407 e. The Hall–Kier alpha value is -3.35. The molecular formula is C23H27IN4O6. The summed E-state index contributed by atoms with van der Waals surface area (Å²) in [5.74, 6) is -0.176. The molecule has 10 nitrogen and oxygen atoms in total. The molecule has 0 bridgehead atoms. The summed E-state index contributed by atoms with van der Waals surface area (Å²) >= 11 is 2.05. The van der Waals surface area contributed by atoms with Crippen molar-refractivity contribution in [2.75, 3.05) is 19.8 Å². The molecule has 0 saturated carbocycles. The van der Waals surface area contributed by atoms with Crippen LogP contribution in [0.2, 0.25) is 0 Å². The van der Waals surface area contributed by atoms with Crippen LogP contribution in [0, 0.1) is 3.57 Å². The molecule has 1 atom stereocenters. The van der Waals surface area contributed by atoms with Crippen LogP contribution in [0.5, 0.6) is 11.5 Å². The predicted molar refractivity (Wildman–Crippen MR) is 135 cm³/mol. The zero-order valence-corrected chi connectivity index (χ0v) is 21.0. The molecule has 182 valence electrons. The Morgan fingerprint density at radius 3 is 2.50 bits per heavy atom. The minimum absolute atomic E-state index is 0.0399. The molecular weight excluding hydrogens is 555 g/mol. The molecule has 0 fully saturated rings. The number of amides is 3. The molecule has 0 aromatic heterocycles. The molecule has 11 heteroatoms. The summed E-state index contributed by atoms with van der Waals surface area (Å²) in [5.41, 5.74) is 9.02. The van der Waals surface area contributed by atoms with Gasteiger partial charge in [0.05, 0.1) is 35.5 Å². The van der Waals surface area contributed by atoms with E-state index in [-0.39, 0.29) is 19.6 Å². The van der Waals surface area contributed by atoms with E-state index in [0.717, 1.165) is 5.56 Å². The number of nitrogens with one attached hydrogen (secondary N) is 2.